The van der Waals surface area contributed by atoms with Gasteiger partial charge < -0.3 is 24.3 Å². The average Bonchev–Trinajstić information content (AvgIpc) is 3.75. The van der Waals surface area contributed by atoms with E-state index in [-0.39, 0.29) is 11.6 Å². The summed E-state index contributed by atoms with van der Waals surface area (Å²) < 4.78 is 13.5. The van der Waals surface area contributed by atoms with E-state index in [1.54, 1.807) is 52.9 Å². The smallest absolute Gasteiger partial charge is 0.410 e. The Morgan fingerprint density at radius 1 is 1.15 bits per heavy atom. The average molecular weight is 573 g/mol. The molecule has 5 aromatic rings. The van der Waals surface area contributed by atoms with Crippen molar-refractivity contribution in [3.8, 4) is 33.8 Å². The van der Waals surface area contributed by atoms with Gasteiger partial charge in [-0.05, 0) is 82.9 Å². The van der Waals surface area contributed by atoms with Crippen molar-refractivity contribution >= 4 is 17.7 Å². The highest BCUT2D eigenvalue weighted by molar-refractivity contribution is 6.31. The van der Waals surface area contributed by atoms with Crippen molar-refractivity contribution < 1.29 is 14.3 Å². The molecule has 0 radical (unpaired) electrons. The largest absolute Gasteiger partial charge is 0.412 e. The molecule has 1 amide bonds. The lowest BCUT2D eigenvalue weighted by Gasteiger charge is -2.15. The molecule has 0 aliphatic carbocycles. The minimum Gasteiger partial charge on any atom is -0.410 e. The first kappa shape index (κ1) is 26.4. The van der Waals surface area contributed by atoms with Gasteiger partial charge in [0.15, 0.2) is 0 Å². The highest BCUT2D eigenvalue weighted by Gasteiger charge is 2.28. The third-order valence-electron chi connectivity index (χ3n) is 6.86. The Bertz CT molecular complexity index is 1750. The Hall–Kier alpha value is -4.81. The number of methoxy groups -OCH3 is 1. The van der Waals surface area contributed by atoms with Crippen molar-refractivity contribution in [1.82, 2.24) is 40.1 Å². The lowest BCUT2D eigenvalue weighted by molar-refractivity contribution is 0.180. The molecule has 0 spiro atoms. The zero-order valence-corrected chi connectivity index (χ0v) is 22.7. The van der Waals surface area contributed by atoms with Gasteiger partial charge in [0, 0.05) is 36.0 Å². The first-order valence-corrected chi connectivity index (χ1v) is 13.3. The topological polar surface area (TPSA) is 142 Å². The third kappa shape index (κ3) is 5.47. The van der Waals surface area contributed by atoms with Crippen molar-refractivity contribution in [2.45, 2.75) is 18.9 Å². The van der Waals surface area contributed by atoms with Crippen molar-refractivity contribution in [2.75, 3.05) is 20.3 Å². The van der Waals surface area contributed by atoms with Gasteiger partial charge in [-0.2, -0.15) is 4.68 Å². The molecule has 1 aliphatic rings. The zero-order chi connectivity index (χ0) is 28.3. The van der Waals surface area contributed by atoms with Crippen LogP contribution in [0.5, 0.6) is 5.75 Å². The highest BCUT2D eigenvalue weighted by atomic mass is 35.5. The van der Waals surface area contributed by atoms with E-state index in [1.165, 1.54) is 6.33 Å². The number of aromatic amines is 1. The van der Waals surface area contributed by atoms with Crippen LogP contribution in [0.25, 0.3) is 28.1 Å². The number of H-pyrrole nitrogens is 1. The summed E-state index contributed by atoms with van der Waals surface area (Å²) in [4.78, 5) is 33.3. The zero-order valence-electron chi connectivity index (χ0n) is 22.0. The first-order chi connectivity index (χ1) is 20.0. The molecule has 2 N–H and O–H groups in total. The molecular weight excluding hydrogens is 548 g/mol. The number of carbonyl (C=O) groups is 1. The van der Waals surface area contributed by atoms with E-state index in [0.29, 0.717) is 36.2 Å². The van der Waals surface area contributed by atoms with Gasteiger partial charge in [-0.1, -0.05) is 11.6 Å². The molecule has 1 aliphatic heterocycles. The van der Waals surface area contributed by atoms with Gasteiger partial charge in [-0.25, -0.2) is 9.78 Å². The summed E-state index contributed by atoms with van der Waals surface area (Å²) in [6, 6.07) is 15.9. The van der Waals surface area contributed by atoms with Crippen LogP contribution < -0.4 is 15.6 Å². The van der Waals surface area contributed by atoms with E-state index in [9.17, 15) is 9.59 Å². The van der Waals surface area contributed by atoms with Crippen molar-refractivity contribution in [1.29, 1.82) is 0 Å². The van der Waals surface area contributed by atoms with Gasteiger partial charge in [0.25, 0.3) is 5.56 Å². The molecule has 1 atom stereocenters. The first-order valence-electron chi connectivity index (χ1n) is 12.9. The summed E-state index contributed by atoms with van der Waals surface area (Å²) in [6.45, 7) is 0.765. The Morgan fingerprint density at radius 2 is 2.00 bits per heavy atom. The van der Waals surface area contributed by atoms with Gasteiger partial charge in [0.2, 0.25) is 0 Å². The number of aromatic nitrogens is 7. The highest BCUT2D eigenvalue weighted by Crippen LogP contribution is 2.34. The van der Waals surface area contributed by atoms with Crippen LogP contribution in [-0.2, 0) is 11.2 Å². The van der Waals surface area contributed by atoms with E-state index >= 15 is 0 Å². The molecular formula is C28H25ClN8O4. The van der Waals surface area contributed by atoms with Crippen LogP contribution in [0, 0.1) is 0 Å². The summed E-state index contributed by atoms with van der Waals surface area (Å²) in [5, 5.41) is 14.6. The van der Waals surface area contributed by atoms with E-state index in [1.807, 2.05) is 24.3 Å². The van der Waals surface area contributed by atoms with Gasteiger partial charge in [0.1, 0.15) is 17.9 Å². The number of amides is 1. The summed E-state index contributed by atoms with van der Waals surface area (Å²) in [6.07, 6.45) is 4.13. The van der Waals surface area contributed by atoms with Crippen LogP contribution in [-0.4, -0.2) is 61.1 Å². The number of benzene rings is 2. The molecule has 2 aromatic carbocycles. The van der Waals surface area contributed by atoms with Crippen molar-refractivity contribution in [2.24, 2.45) is 0 Å². The Morgan fingerprint density at radius 3 is 2.78 bits per heavy atom. The Labute approximate surface area is 238 Å². The molecule has 4 heterocycles. The van der Waals surface area contributed by atoms with Crippen LogP contribution in [0.3, 0.4) is 0 Å². The molecule has 0 bridgehead atoms. The minimum absolute atomic E-state index is 0.133. The second-order valence-corrected chi connectivity index (χ2v) is 9.87. The molecule has 6 rings (SSSR count). The Balaban J connectivity index is 1.22. The number of fused-ring (bicyclic) bond motifs is 1. The van der Waals surface area contributed by atoms with Crippen LogP contribution in [0.1, 0.15) is 24.0 Å². The fraction of sp³-hybridized carbons (Fsp3) is 0.214. The number of rotatable bonds is 8. The van der Waals surface area contributed by atoms with Gasteiger partial charge >= 0.3 is 6.09 Å². The predicted molar refractivity (Wildman–Crippen MR) is 150 cm³/mol. The monoisotopic (exact) mass is 572 g/mol. The van der Waals surface area contributed by atoms with Gasteiger partial charge in [-0.3, -0.25) is 4.79 Å². The molecule has 13 heteroatoms. The van der Waals surface area contributed by atoms with E-state index in [0.717, 1.165) is 40.2 Å². The second-order valence-electron chi connectivity index (χ2n) is 9.43. The molecule has 3 aromatic heterocycles. The maximum atomic E-state index is 13.4. The summed E-state index contributed by atoms with van der Waals surface area (Å²) in [5.74, 6) is 1.11. The van der Waals surface area contributed by atoms with Gasteiger partial charge in [0.05, 0.1) is 30.2 Å². The number of hydrogen-bond donors (Lipinski definition) is 2. The van der Waals surface area contributed by atoms with E-state index in [2.05, 4.69) is 30.8 Å². The number of aryl methyl sites for hydroxylation is 1. The quantitative estimate of drug-likeness (QED) is 0.267. The van der Waals surface area contributed by atoms with Crippen LogP contribution in [0.4, 0.5) is 4.79 Å². The summed E-state index contributed by atoms with van der Waals surface area (Å²) in [5.41, 5.74) is 4.65. The van der Waals surface area contributed by atoms with Crippen LogP contribution in [0.2, 0.25) is 5.02 Å². The molecule has 0 saturated heterocycles. The van der Waals surface area contributed by atoms with E-state index < -0.39 is 6.09 Å². The fourth-order valence-corrected chi connectivity index (χ4v) is 5.15. The maximum absolute atomic E-state index is 13.4. The number of pyridine rings is 1. The molecule has 12 nitrogen and oxygen atoms in total. The SMILES string of the molecule is COCCNC(=O)Oc1ccc(-c2cnc([C@@H]3CCc4cc(-c5cc(Cl)ccc5-n5cnnn5)cc(=O)n43)[nH]2)cc1. The Kier molecular flexibility index (Phi) is 7.32. The minimum atomic E-state index is -0.547. The lowest BCUT2D eigenvalue weighted by Crippen LogP contribution is -2.29. The number of ether oxygens (including phenoxy) is 2. The summed E-state index contributed by atoms with van der Waals surface area (Å²) in [7, 11) is 1.56. The predicted octanol–water partition coefficient (Wildman–Crippen LogP) is 3.80. The number of hydrogen-bond acceptors (Lipinski definition) is 8. The van der Waals surface area contributed by atoms with Crippen molar-refractivity contribution in [3.05, 3.63) is 94.0 Å². The van der Waals surface area contributed by atoms with E-state index in [4.69, 9.17) is 21.1 Å². The van der Waals surface area contributed by atoms with Gasteiger partial charge in [-0.15, -0.1) is 5.10 Å². The normalized spacial score (nSPS) is 14.1. The number of halogens is 1. The third-order valence-corrected chi connectivity index (χ3v) is 7.10. The van der Waals surface area contributed by atoms with Crippen LogP contribution >= 0.6 is 11.6 Å². The number of imidazole rings is 1. The standard InChI is InChI=1S/C28H25ClN8O4/c1-40-11-10-30-28(39)41-21-6-2-17(3-7-21)23-15-31-27(33-23)25-9-5-20-12-18(13-26(38)37(20)25)22-14-19(29)4-8-24(22)36-16-32-34-35-36/h2-4,6-8,12-16,25H,5,9-11H2,1H3,(H,30,39)(H,31,33)/t25-/m0/s1. The number of nitrogens with one attached hydrogen (secondary N) is 2. The van der Waals surface area contributed by atoms with Crippen molar-refractivity contribution in [3.63, 3.8) is 0 Å². The number of tetrazole rings is 1. The molecule has 208 valence electrons. The lowest BCUT2D eigenvalue weighted by atomic mass is 10.0. The molecule has 0 fully saturated rings. The second kappa shape index (κ2) is 11.4. The molecule has 0 saturated carbocycles. The molecule has 41 heavy (non-hydrogen) atoms. The maximum Gasteiger partial charge on any atom is 0.412 e. The molecule has 0 unspecified atom stereocenters. The number of carbonyl (C=O) groups excluding carboxylic acids is 1. The fourth-order valence-electron chi connectivity index (χ4n) is 4.97. The summed E-state index contributed by atoms with van der Waals surface area (Å²) >= 11 is 6.31. The van der Waals surface area contributed by atoms with Crippen LogP contribution in [0.15, 0.2) is 71.9 Å². The number of nitrogens with zero attached hydrogens (tertiary/aromatic N) is 6.